The number of hydrogen-bond donors (Lipinski definition) is 1. The Balaban J connectivity index is 2.55. The van der Waals surface area contributed by atoms with Gasteiger partial charge in [-0.25, -0.2) is 0 Å². The van der Waals surface area contributed by atoms with Crippen LogP contribution in [0.3, 0.4) is 0 Å². The van der Waals surface area contributed by atoms with Crippen LogP contribution >= 0.6 is 0 Å². The summed E-state index contributed by atoms with van der Waals surface area (Å²) in [7, 11) is 1.37. The van der Waals surface area contributed by atoms with Crippen molar-refractivity contribution in [2.45, 2.75) is 31.7 Å². The Morgan fingerprint density at radius 1 is 1.46 bits per heavy atom. The first kappa shape index (κ1) is 10.0. The first-order chi connectivity index (χ1) is 6.29. The quantitative estimate of drug-likeness (QED) is 0.509. The van der Waals surface area contributed by atoms with Crippen LogP contribution < -0.4 is 5.32 Å². The van der Waals surface area contributed by atoms with Crippen molar-refractivity contribution >= 4 is 12.4 Å². The van der Waals surface area contributed by atoms with Crippen LogP contribution in [0.15, 0.2) is 0 Å². The maximum atomic E-state index is 11.3. The summed E-state index contributed by atoms with van der Waals surface area (Å²) >= 11 is 0. The van der Waals surface area contributed by atoms with Crippen molar-refractivity contribution in [3.8, 4) is 0 Å². The molecule has 1 aliphatic rings. The highest BCUT2D eigenvalue weighted by Gasteiger charge is 2.31. The predicted octanol–water partition coefficient (Wildman–Crippen LogP) is 0.375. The lowest BCUT2D eigenvalue weighted by molar-refractivity contribution is -0.147. The summed E-state index contributed by atoms with van der Waals surface area (Å²) in [5.74, 6) is -0.410. The molecule has 0 heterocycles. The van der Waals surface area contributed by atoms with Gasteiger partial charge in [-0.2, -0.15) is 0 Å². The van der Waals surface area contributed by atoms with Gasteiger partial charge in [-0.1, -0.05) is 12.8 Å². The third kappa shape index (κ3) is 2.44. The Morgan fingerprint density at radius 3 is 2.77 bits per heavy atom. The number of ether oxygens (including phenoxy) is 1. The molecule has 13 heavy (non-hydrogen) atoms. The van der Waals surface area contributed by atoms with Crippen molar-refractivity contribution in [2.24, 2.45) is 5.92 Å². The summed E-state index contributed by atoms with van der Waals surface area (Å²) in [5, 5.41) is 2.54. The second-order valence-electron chi connectivity index (χ2n) is 3.27. The fourth-order valence-electron chi connectivity index (χ4n) is 1.81. The molecule has 0 bridgehead atoms. The van der Waals surface area contributed by atoms with E-state index in [2.05, 4.69) is 10.1 Å². The zero-order chi connectivity index (χ0) is 9.68. The number of methoxy groups -OCH3 is 1. The van der Waals surface area contributed by atoms with Gasteiger partial charge in [0.1, 0.15) is 0 Å². The van der Waals surface area contributed by atoms with Gasteiger partial charge in [-0.3, -0.25) is 9.59 Å². The molecule has 4 heteroatoms. The number of carbonyl (C=O) groups excluding carboxylic acids is 2. The summed E-state index contributed by atoms with van der Waals surface area (Å²) in [4.78, 5) is 21.4. The standard InChI is InChI=1S/C9H14NO3/c1-13-9(12)7-4-2-3-5-8(7)10-6-11/h7-8H,2-5H2,1H3,(H,10,11). The van der Waals surface area contributed by atoms with Crippen LogP contribution in [0.5, 0.6) is 0 Å². The molecule has 1 rings (SSSR count). The molecule has 0 aliphatic heterocycles. The first-order valence-corrected chi connectivity index (χ1v) is 4.50. The van der Waals surface area contributed by atoms with E-state index in [-0.39, 0.29) is 17.9 Å². The monoisotopic (exact) mass is 184 g/mol. The SMILES string of the molecule is COC(=O)C1CCCCC1N[C]=O. The average molecular weight is 184 g/mol. The summed E-state index contributed by atoms with van der Waals surface area (Å²) in [5.41, 5.74) is 0. The maximum absolute atomic E-state index is 11.3. The number of esters is 1. The zero-order valence-corrected chi connectivity index (χ0v) is 7.71. The van der Waals surface area contributed by atoms with Crippen molar-refractivity contribution in [1.82, 2.24) is 5.32 Å². The molecule has 0 saturated heterocycles. The number of rotatable bonds is 3. The lowest BCUT2D eigenvalue weighted by Crippen LogP contribution is -2.42. The molecule has 0 aromatic rings. The van der Waals surface area contributed by atoms with Gasteiger partial charge in [0.2, 0.25) is 0 Å². The van der Waals surface area contributed by atoms with Gasteiger partial charge in [0.05, 0.1) is 13.0 Å². The van der Waals surface area contributed by atoms with E-state index in [1.165, 1.54) is 7.11 Å². The third-order valence-corrected chi connectivity index (χ3v) is 2.51. The Bertz CT molecular complexity index is 193. The van der Waals surface area contributed by atoms with E-state index >= 15 is 0 Å². The predicted molar refractivity (Wildman–Crippen MR) is 46.6 cm³/mol. The van der Waals surface area contributed by atoms with Gasteiger partial charge in [0.15, 0.2) is 0 Å². The smallest absolute Gasteiger partial charge is 0.310 e. The first-order valence-electron chi connectivity index (χ1n) is 4.50. The number of hydrogen-bond acceptors (Lipinski definition) is 3. The summed E-state index contributed by atoms with van der Waals surface area (Å²) < 4.78 is 4.66. The fourth-order valence-corrected chi connectivity index (χ4v) is 1.81. The highest BCUT2D eigenvalue weighted by Crippen LogP contribution is 2.24. The maximum Gasteiger partial charge on any atom is 0.310 e. The van der Waals surface area contributed by atoms with E-state index in [0.717, 1.165) is 25.7 Å². The van der Waals surface area contributed by atoms with Crippen LogP contribution in [-0.2, 0) is 14.3 Å². The molecule has 2 atom stereocenters. The molecule has 4 nitrogen and oxygen atoms in total. The number of amides is 1. The molecule has 0 aromatic heterocycles. The zero-order valence-electron chi connectivity index (χ0n) is 7.71. The Kier molecular flexibility index (Phi) is 3.73. The van der Waals surface area contributed by atoms with Crippen LogP contribution in [0.25, 0.3) is 0 Å². The second-order valence-corrected chi connectivity index (χ2v) is 3.27. The van der Waals surface area contributed by atoms with Gasteiger partial charge in [-0.05, 0) is 12.8 Å². The van der Waals surface area contributed by atoms with Gasteiger partial charge in [-0.15, -0.1) is 0 Å². The van der Waals surface area contributed by atoms with E-state index in [1.54, 1.807) is 6.41 Å². The van der Waals surface area contributed by atoms with Crippen molar-refractivity contribution in [3.63, 3.8) is 0 Å². The van der Waals surface area contributed by atoms with Crippen molar-refractivity contribution in [3.05, 3.63) is 0 Å². The van der Waals surface area contributed by atoms with E-state index in [0.29, 0.717) is 0 Å². The largest absolute Gasteiger partial charge is 0.469 e. The molecule has 0 aromatic carbocycles. The minimum atomic E-state index is -0.229. The average Bonchev–Trinajstić information content (AvgIpc) is 2.18. The summed E-state index contributed by atoms with van der Waals surface area (Å²) in [6.45, 7) is 0. The van der Waals surface area contributed by atoms with E-state index in [1.807, 2.05) is 0 Å². The molecular weight excluding hydrogens is 170 g/mol. The topological polar surface area (TPSA) is 55.4 Å². The molecule has 1 fully saturated rings. The highest BCUT2D eigenvalue weighted by molar-refractivity contribution is 5.73. The highest BCUT2D eigenvalue weighted by atomic mass is 16.5. The minimum Gasteiger partial charge on any atom is -0.469 e. The molecule has 1 amide bonds. The number of carbonyl (C=O) groups is 1. The Labute approximate surface area is 77.6 Å². The van der Waals surface area contributed by atoms with E-state index in [9.17, 15) is 9.59 Å². The Morgan fingerprint density at radius 2 is 2.15 bits per heavy atom. The third-order valence-electron chi connectivity index (χ3n) is 2.51. The van der Waals surface area contributed by atoms with Gasteiger partial charge < -0.3 is 10.1 Å². The van der Waals surface area contributed by atoms with Crippen LogP contribution in [0, 0.1) is 5.92 Å². The summed E-state index contributed by atoms with van der Waals surface area (Å²) in [6.07, 6.45) is 5.35. The van der Waals surface area contributed by atoms with Gasteiger partial charge >= 0.3 is 12.4 Å². The molecule has 1 radical (unpaired) electrons. The van der Waals surface area contributed by atoms with Crippen LogP contribution in [0.4, 0.5) is 0 Å². The molecule has 0 spiro atoms. The second kappa shape index (κ2) is 4.84. The van der Waals surface area contributed by atoms with E-state index in [4.69, 9.17) is 0 Å². The van der Waals surface area contributed by atoms with Gasteiger partial charge in [0, 0.05) is 6.04 Å². The number of nitrogens with one attached hydrogen (secondary N) is 1. The van der Waals surface area contributed by atoms with Crippen LogP contribution in [0.1, 0.15) is 25.7 Å². The fraction of sp³-hybridized carbons (Fsp3) is 0.778. The normalized spacial score (nSPS) is 27.8. The molecule has 1 saturated carbocycles. The van der Waals surface area contributed by atoms with Crippen molar-refractivity contribution in [2.75, 3.05) is 7.11 Å². The van der Waals surface area contributed by atoms with E-state index < -0.39 is 0 Å². The molecule has 2 unspecified atom stereocenters. The van der Waals surface area contributed by atoms with Crippen LogP contribution in [0.2, 0.25) is 0 Å². The van der Waals surface area contributed by atoms with Crippen LogP contribution in [-0.4, -0.2) is 25.5 Å². The minimum absolute atomic E-state index is 0.0845. The molecule has 1 aliphatic carbocycles. The van der Waals surface area contributed by atoms with Crippen molar-refractivity contribution < 1.29 is 14.3 Å². The lowest BCUT2D eigenvalue weighted by atomic mass is 9.84. The van der Waals surface area contributed by atoms with Crippen molar-refractivity contribution in [1.29, 1.82) is 0 Å². The molecule has 1 N–H and O–H groups in total. The summed E-state index contributed by atoms with van der Waals surface area (Å²) in [6, 6.07) is -0.0845. The Hall–Kier alpha value is -1.06. The lowest BCUT2D eigenvalue weighted by Gasteiger charge is -2.28. The molecule has 73 valence electrons. The molecular formula is C9H14NO3. The van der Waals surface area contributed by atoms with Gasteiger partial charge in [0.25, 0.3) is 0 Å².